The molecule has 2 rings (SSSR count). The summed E-state index contributed by atoms with van der Waals surface area (Å²) in [7, 11) is 0. The Labute approximate surface area is 128 Å². The standard InChI is InChI=1S/C13H12ClF3N2OS/c1-8(14)11-18-10-5-3-2-4-9(10)12(20)19(11)6-7-21-13(15,16)17/h2-5,8H,6-7H2,1H3. The highest BCUT2D eigenvalue weighted by atomic mass is 35.5. The van der Waals surface area contributed by atoms with Crippen LogP contribution in [0.3, 0.4) is 0 Å². The SMILES string of the molecule is CC(Cl)c1nc2ccccc2c(=O)n1CCSC(F)(F)F. The third-order valence-electron chi connectivity index (χ3n) is 2.83. The quantitative estimate of drug-likeness (QED) is 0.793. The van der Waals surface area contributed by atoms with Crippen molar-refractivity contribution in [3.63, 3.8) is 0 Å². The Bertz CT molecular complexity index is 700. The predicted octanol–water partition coefficient (Wildman–Crippen LogP) is 3.95. The smallest absolute Gasteiger partial charge is 0.294 e. The molecule has 0 N–H and O–H groups in total. The molecular formula is C13H12ClF3N2OS. The van der Waals surface area contributed by atoms with Crippen molar-refractivity contribution in [2.75, 3.05) is 5.75 Å². The Hall–Kier alpha value is -1.21. The van der Waals surface area contributed by atoms with Gasteiger partial charge in [0.1, 0.15) is 5.82 Å². The van der Waals surface area contributed by atoms with E-state index in [0.29, 0.717) is 10.9 Å². The molecule has 2 aromatic rings. The Morgan fingerprint density at radius 2 is 2.05 bits per heavy atom. The maximum absolute atomic E-state index is 12.4. The van der Waals surface area contributed by atoms with E-state index in [-0.39, 0.29) is 35.4 Å². The highest BCUT2D eigenvalue weighted by Gasteiger charge is 2.28. The van der Waals surface area contributed by atoms with E-state index in [1.54, 1.807) is 31.2 Å². The number of fused-ring (bicyclic) bond motifs is 1. The van der Waals surface area contributed by atoms with Crippen LogP contribution in [-0.4, -0.2) is 20.8 Å². The minimum Gasteiger partial charge on any atom is -0.294 e. The van der Waals surface area contributed by atoms with Crippen molar-refractivity contribution >= 4 is 34.3 Å². The van der Waals surface area contributed by atoms with E-state index < -0.39 is 10.9 Å². The number of hydrogen-bond acceptors (Lipinski definition) is 3. The zero-order chi connectivity index (χ0) is 15.6. The van der Waals surface area contributed by atoms with Gasteiger partial charge in [-0.15, -0.1) is 11.6 Å². The molecule has 1 heterocycles. The summed E-state index contributed by atoms with van der Waals surface area (Å²) >= 11 is 5.83. The Morgan fingerprint density at radius 1 is 1.38 bits per heavy atom. The second kappa shape index (κ2) is 6.27. The Balaban J connectivity index is 2.42. The van der Waals surface area contributed by atoms with Crippen molar-refractivity contribution in [1.29, 1.82) is 0 Å². The van der Waals surface area contributed by atoms with Crippen LogP contribution in [-0.2, 0) is 6.54 Å². The lowest BCUT2D eigenvalue weighted by molar-refractivity contribution is -0.0328. The van der Waals surface area contributed by atoms with Crippen LogP contribution >= 0.6 is 23.4 Å². The van der Waals surface area contributed by atoms with Gasteiger partial charge >= 0.3 is 5.51 Å². The number of thioether (sulfide) groups is 1. The molecular weight excluding hydrogens is 325 g/mol. The number of aromatic nitrogens is 2. The Morgan fingerprint density at radius 3 is 2.67 bits per heavy atom. The van der Waals surface area contributed by atoms with Crippen molar-refractivity contribution in [2.45, 2.75) is 24.4 Å². The van der Waals surface area contributed by atoms with Crippen LogP contribution < -0.4 is 5.56 Å². The normalized spacial score (nSPS) is 13.6. The summed E-state index contributed by atoms with van der Waals surface area (Å²) < 4.78 is 37.8. The van der Waals surface area contributed by atoms with E-state index in [1.807, 2.05) is 0 Å². The molecule has 0 bridgehead atoms. The second-order valence-corrected chi connectivity index (χ2v) is 6.17. The first-order valence-corrected chi connectivity index (χ1v) is 7.56. The molecule has 114 valence electrons. The lowest BCUT2D eigenvalue weighted by Crippen LogP contribution is -2.27. The van der Waals surface area contributed by atoms with Crippen molar-refractivity contribution in [2.24, 2.45) is 0 Å². The van der Waals surface area contributed by atoms with Crippen LogP contribution in [0.4, 0.5) is 13.2 Å². The van der Waals surface area contributed by atoms with E-state index in [9.17, 15) is 18.0 Å². The summed E-state index contributed by atoms with van der Waals surface area (Å²) in [6, 6.07) is 6.69. The number of benzene rings is 1. The van der Waals surface area contributed by atoms with Crippen molar-refractivity contribution in [3.8, 4) is 0 Å². The number of rotatable bonds is 4. The monoisotopic (exact) mass is 336 g/mol. The minimum absolute atomic E-state index is 0.0900. The van der Waals surface area contributed by atoms with Gasteiger partial charge in [-0.2, -0.15) is 13.2 Å². The second-order valence-electron chi connectivity index (χ2n) is 4.35. The molecule has 0 radical (unpaired) electrons. The average molecular weight is 337 g/mol. The fraction of sp³-hybridized carbons (Fsp3) is 0.385. The molecule has 8 heteroatoms. The summed E-state index contributed by atoms with van der Waals surface area (Å²) in [4.78, 5) is 16.7. The van der Waals surface area contributed by atoms with E-state index >= 15 is 0 Å². The molecule has 1 atom stereocenters. The number of alkyl halides is 4. The van der Waals surface area contributed by atoms with Gasteiger partial charge in [0.15, 0.2) is 0 Å². The fourth-order valence-corrected chi connectivity index (χ4v) is 2.63. The molecule has 1 aromatic carbocycles. The number of hydrogen-bond donors (Lipinski definition) is 0. The predicted molar refractivity (Wildman–Crippen MR) is 78.8 cm³/mol. The van der Waals surface area contributed by atoms with Gasteiger partial charge in [-0.25, -0.2) is 4.98 Å². The van der Waals surface area contributed by atoms with Crippen molar-refractivity contribution in [1.82, 2.24) is 9.55 Å². The average Bonchev–Trinajstić information content (AvgIpc) is 2.39. The van der Waals surface area contributed by atoms with Gasteiger partial charge in [0.2, 0.25) is 0 Å². The molecule has 21 heavy (non-hydrogen) atoms. The third kappa shape index (κ3) is 3.91. The van der Waals surface area contributed by atoms with Gasteiger partial charge < -0.3 is 0 Å². The first kappa shape index (κ1) is 16.2. The van der Waals surface area contributed by atoms with Crippen LogP contribution in [0.2, 0.25) is 0 Å². The molecule has 3 nitrogen and oxygen atoms in total. The topological polar surface area (TPSA) is 34.9 Å². The highest BCUT2D eigenvalue weighted by molar-refractivity contribution is 8.00. The van der Waals surface area contributed by atoms with Gasteiger partial charge in [0.05, 0.1) is 16.3 Å². The van der Waals surface area contributed by atoms with Crippen LogP contribution in [0.5, 0.6) is 0 Å². The zero-order valence-corrected chi connectivity index (χ0v) is 12.6. The number of halogens is 4. The first-order valence-electron chi connectivity index (χ1n) is 6.14. The van der Waals surface area contributed by atoms with Gasteiger partial charge in [0, 0.05) is 12.3 Å². The van der Waals surface area contributed by atoms with E-state index in [4.69, 9.17) is 11.6 Å². The maximum Gasteiger partial charge on any atom is 0.441 e. The summed E-state index contributed by atoms with van der Waals surface area (Å²) in [5.41, 5.74) is -4.20. The van der Waals surface area contributed by atoms with Crippen LogP contribution in [0, 0.1) is 0 Å². The van der Waals surface area contributed by atoms with Gasteiger partial charge in [0.25, 0.3) is 5.56 Å². The fourth-order valence-electron chi connectivity index (χ4n) is 1.96. The van der Waals surface area contributed by atoms with E-state index in [2.05, 4.69) is 4.98 Å². The molecule has 0 spiro atoms. The van der Waals surface area contributed by atoms with Crippen LogP contribution in [0.1, 0.15) is 18.1 Å². The lowest BCUT2D eigenvalue weighted by Gasteiger charge is -2.15. The lowest BCUT2D eigenvalue weighted by atomic mass is 10.2. The number of para-hydroxylation sites is 1. The summed E-state index contributed by atoms with van der Waals surface area (Å²) in [6.45, 7) is 1.54. The highest BCUT2D eigenvalue weighted by Crippen LogP contribution is 2.30. The molecule has 0 aliphatic heterocycles. The summed E-state index contributed by atoms with van der Waals surface area (Å²) in [6.07, 6.45) is 0. The maximum atomic E-state index is 12.4. The van der Waals surface area contributed by atoms with Gasteiger partial charge in [-0.1, -0.05) is 12.1 Å². The minimum atomic E-state index is -4.32. The molecule has 0 aliphatic carbocycles. The van der Waals surface area contributed by atoms with Crippen LogP contribution in [0.25, 0.3) is 10.9 Å². The number of nitrogens with zero attached hydrogens (tertiary/aromatic N) is 2. The molecule has 0 amide bonds. The first-order chi connectivity index (χ1) is 9.79. The molecule has 0 saturated carbocycles. The van der Waals surface area contributed by atoms with E-state index in [0.717, 1.165) is 0 Å². The largest absolute Gasteiger partial charge is 0.441 e. The summed E-state index contributed by atoms with van der Waals surface area (Å²) in [5, 5.41) is -0.200. The van der Waals surface area contributed by atoms with E-state index in [1.165, 1.54) is 4.57 Å². The van der Waals surface area contributed by atoms with Gasteiger partial charge in [-0.3, -0.25) is 9.36 Å². The van der Waals surface area contributed by atoms with Crippen molar-refractivity contribution < 1.29 is 13.2 Å². The Kier molecular flexibility index (Phi) is 4.83. The third-order valence-corrected chi connectivity index (χ3v) is 3.74. The molecule has 1 unspecified atom stereocenters. The van der Waals surface area contributed by atoms with Crippen molar-refractivity contribution in [3.05, 3.63) is 40.4 Å². The molecule has 0 fully saturated rings. The molecule has 1 aromatic heterocycles. The molecule has 0 aliphatic rings. The van der Waals surface area contributed by atoms with Gasteiger partial charge in [-0.05, 0) is 30.8 Å². The van der Waals surface area contributed by atoms with Crippen LogP contribution in [0.15, 0.2) is 29.1 Å². The molecule has 0 saturated heterocycles. The zero-order valence-electron chi connectivity index (χ0n) is 11.0. The summed E-state index contributed by atoms with van der Waals surface area (Å²) in [5.74, 6) is 0.0168.